The van der Waals surface area contributed by atoms with E-state index in [0.29, 0.717) is 12.3 Å². The van der Waals surface area contributed by atoms with Crippen LogP contribution in [0.1, 0.15) is 31.2 Å². The van der Waals surface area contributed by atoms with Crippen LogP contribution < -0.4 is 0 Å². The van der Waals surface area contributed by atoms with Gasteiger partial charge in [0, 0.05) is 12.1 Å². The zero-order chi connectivity index (χ0) is 12.3. The Kier molecular flexibility index (Phi) is 3.74. The molecule has 17 heavy (non-hydrogen) atoms. The van der Waals surface area contributed by atoms with Gasteiger partial charge in [-0.05, 0) is 30.7 Å². The molecule has 0 heterocycles. The molecule has 0 aliphatic heterocycles. The van der Waals surface area contributed by atoms with Crippen molar-refractivity contribution in [1.29, 1.82) is 0 Å². The first kappa shape index (κ1) is 12.0. The van der Waals surface area contributed by atoms with E-state index in [0.717, 1.165) is 18.4 Å². The van der Waals surface area contributed by atoms with Crippen molar-refractivity contribution >= 4 is 5.69 Å². The van der Waals surface area contributed by atoms with Crippen molar-refractivity contribution in [3.63, 3.8) is 0 Å². The topological polar surface area (TPSA) is 63.4 Å². The van der Waals surface area contributed by atoms with Crippen molar-refractivity contribution in [3.8, 4) is 0 Å². The first-order chi connectivity index (χ1) is 8.16. The molecule has 92 valence electrons. The lowest BCUT2D eigenvalue weighted by molar-refractivity contribution is -0.384. The second-order valence-electron chi connectivity index (χ2n) is 4.74. The molecule has 0 amide bonds. The molecule has 1 aliphatic carbocycles. The highest BCUT2D eigenvalue weighted by molar-refractivity contribution is 5.33. The maximum absolute atomic E-state index is 10.5. The molecule has 1 saturated carbocycles. The fourth-order valence-electron chi connectivity index (χ4n) is 2.50. The Morgan fingerprint density at radius 1 is 1.29 bits per heavy atom. The SMILES string of the molecule is O=[N+]([O-])c1ccc(CC(O)C2CCCC2)cc1. The minimum atomic E-state index is -0.406. The van der Waals surface area contributed by atoms with E-state index in [9.17, 15) is 15.2 Å². The van der Waals surface area contributed by atoms with Crippen LogP contribution in [-0.4, -0.2) is 16.1 Å². The summed E-state index contributed by atoms with van der Waals surface area (Å²) in [4.78, 5) is 10.1. The summed E-state index contributed by atoms with van der Waals surface area (Å²) in [5, 5.41) is 20.5. The van der Waals surface area contributed by atoms with Crippen molar-refractivity contribution in [1.82, 2.24) is 0 Å². The maximum atomic E-state index is 10.5. The molecule has 1 atom stereocenters. The summed E-state index contributed by atoms with van der Waals surface area (Å²) >= 11 is 0. The predicted molar refractivity (Wildman–Crippen MR) is 64.8 cm³/mol. The van der Waals surface area contributed by atoms with Crippen LogP contribution >= 0.6 is 0 Å². The standard InChI is InChI=1S/C13H17NO3/c15-13(11-3-1-2-4-11)9-10-5-7-12(8-6-10)14(16)17/h5-8,11,13,15H,1-4,9H2. The van der Waals surface area contributed by atoms with Gasteiger partial charge >= 0.3 is 0 Å². The van der Waals surface area contributed by atoms with Crippen molar-refractivity contribution in [3.05, 3.63) is 39.9 Å². The predicted octanol–water partition coefficient (Wildman–Crippen LogP) is 2.69. The zero-order valence-corrected chi connectivity index (χ0v) is 9.71. The molecule has 0 aromatic heterocycles. The summed E-state index contributed by atoms with van der Waals surface area (Å²) in [7, 11) is 0. The van der Waals surface area contributed by atoms with Crippen LogP contribution in [-0.2, 0) is 6.42 Å². The molecule has 4 heteroatoms. The summed E-state index contributed by atoms with van der Waals surface area (Å²) in [6.07, 6.45) is 4.92. The molecular weight excluding hydrogens is 218 g/mol. The zero-order valence-electron chi connectivity index (χ0n) is 9.71. The first-order valence-electron chi connectivity index (χ1n) is 6.08. The van der Waals surface area contributed by atoms with Crippen molar-refractivity contribution < 1.29 is 10.0 Å². The number of hydrogen-bond donors (Lipinski definition) is 1. The van der Waals surface area contributed by atoms with E-state index >= 15 is 0 Å². The summed E-state index contributed by atoms with van der Waals surface area (Å²) in [5.41, 5.74) is 1.07. The number of nitrogens with zero attached hydrogens (tertiary/aromatic N) is 1. The number of rotatable bonds is 4. The van der Waals surface area contributed by atoms with Gasteiger partial charge in [0.1, 0.15) is 0 Å². The molecule has 4 nitrogen and oxygen atoms in total. The Morgan fingerprint density at radius 2 is 1.88 bits per heavy atom. The number of aliphatic hydroxyl groups excluding tert-OH is 1. The second kappa shape index (κ2) is 5.27. The van der Waals surface area contributed by atoms with E-state index in [1.54, 1.807) is 12.1 Å². The number of aliphatic hydroxyl groups is 1. The smallest absolute Gasteiger partial charge is 0.269 e. The molecule has 0 saturated heterocycles. The average molecular weight is 235 g/mol. The van der Waals surface area contributed by atoms with Gasteiger partial charge in [-0.3, -0.25) is 10.1 Å². The Bertz CT molecular complexity index is 382. The summed E-state index contributed by atoms with van der Waals surface area (Å²) < 4.78 is 0. The van der Waals surface area contributed by atoms with Crippen molar-refractivity contribution in [2.24, 2.45) is 5.92 Å². The molecule has 1 N–H and O–H groups in total. The summed E-state index contributed by atoms with van der Waals surface area (Å²) in [6.45, 7) is 0. The number of nitro groups is 1. The van der Waals surface area contributed by atoms with Gasteiger partial charge in [-0.15, -0.1) is 0 Å². The second-order valence-corrected chi connectivity index (χ2v) is 4.74. The molecule has 0 radical (unpaired) electrons. The van der Waals surface area contributed by atoms with Gasteiger partial charge in [0.05, 0.1) is 11.0 Å². The summed E-state index contributed by atoms with van der Waals surface area (Å²) in [5.74, 6) is 0.408. The number of non-ortho nitro benzene ring substituents is 1. The van der Waals surface area contributed by atoms with E-state index in [2.05, 4.69) is 0 Å². The third-order valence-electron chi connectivity index (χ3n) is 3.54. The monoisotopic (exact) mass is 235 g/mol. The Morgan fingerprint density at radius 3 is 2.41 bits per heavy atom. The van der Waals surface area contributed by atoms with Gasteiger partial charge in [-0.1, -0.05) is 25.0 Å². The van der Waals surface area contributed by atoms with E-state index in [-0.39, 0.29) is 11.8 Å². The molecule has 0 spiro atoms. The van der Waals surface area contributed by atoms with Crippen molar-refractivity contribution in [2.75, 3.05) is 0 Å². The minimum Gasteiger partial charge on any atom is -0.392 e. The molecule has 1 unspecified atom stereocenters. The number of hydrogen-bond acceptors (Lipinski definition) is 3. The highest BCUT2D eigenvalue weighted by Gasteiger charge is 2.23. The van der Waals surface area contributed by atoms with Crippen molar-refractivity contribution in [2.45, 2.75) is 38.2 Å². The van der Waals surface area contributed by atoms with Crippen LogP contribution in [0.2, 0.25) is 0 Å². The highest BCUT2D eigenvalue weighted by Crippen LogP contribution is 2.29. The lowest BCUT2D eigenvalue weighted by atomic mass is 9.95. The summed E-state index contributed by atoms with van der Waals surface area (Å²) in [6, 6.07) is 6.46. The Balaban J connectivity index is 1.96. The lowest BCUT2D eigenvalue weighted by Crippen LogP contribution is -2.20. The number of benzene rings is 1. The third kappa shape index (κ3) is 3.03. The van der Waals surface area contributed by atoms with Gasteiger partial charge in [-0.2, -0.15) is 0 Å². The normalized spacial score (nSPS) is 18.2. The van der Waals surface area contributed by atoms with Crippen LogP contribution in [0.4, 0.5) is 5.69 Å². The van der Waals surface area contributed by atoms with Crippen LogP contribution in [0.15, 0.2) is 24.3 Å². The quantitative estimate of drug-likeness (QED) is 0.644. The van der Waals surface area contributed by atoms with E-state index in [1.807, 2.05) is 0 Å². The largest absolute Gasteiger partial charge is 0.392 e. The molecule has 2 rings (SSSR count). The van der Waals surface area contributed by atoms with E-state index in [4.69, 9.17) is 0 Å². The Labute approximate surface area is 100 Å². The molecule has 1 aromatic rings. The Hall–Kier alpha value is -1.42. The molecule has 1 aliphatic rings. The average Bonchev–Trinajstić information content (AvgIpc) is 2.83. The van der Waals surface area contributed by atoms with Crippen LogP contribution in [0.5, 0.6) is 0 Å². The lowest BCUT2D eigenvalue weighted by Gasteiger charge is -2.17. The van der Waals surface area contributed by atoms with E-state index < -0.39 is 4.92 Å². The van der Waals surface area contributed by atoms with Gasteiger partial charge in [0.25, 0.3) is 5.69 Å². The van der Waals surface area contributed by atoms with Gasteiger partial charge < -0.3 is 5.11 Å². The van der Waals surface area contributed by atoms with Crippen LogP contribution in [0.3, 0.4) is 0 Å². The van der Waals surface area contributed by atoms with Gasteiger partial charge in [0.2, 0.25) is 0 Å². The molecule has 1 aromatic carbocycles. The highest BCUT2D eigenvalue weighted by atomic mass is 16.6. The fraction of sp³-hybridized carbons (Fsp3) is 0.538. The van der Waals surface area contributed by atoms with E-state index in [1.165, 1.54) is 25.0 Å². The molecular formula is C13H17NO3. The fourth-order valence-corrected chi connectivity index (χ4v) is 2.50. The molecule has 1 fully saturated rings. The van der Waals surface area contributed by atoms with Gasteiger partial charge in [-0.25, -0.2) is 0 Å². The minimum absolute atomic E-state index is 0.101. The first-order valence-corrected chi connectivity index (χ1v) is 6.08. The van der Waals surface area contributed by atoms with Gasteiger partial charge in [0.15, 0.2) is 0 Å². The number of nitro benzene ring substituents is 1. The maximum Gasteiger partial charge on any atom is 0.269 e. The van der Waals surface area contributed by atoms with Crippen LogP contribution in [0.25, 0.3) is 0 Å². The van der Waals surface area contributed by atoms with Crippen LogP contribution in [0, 0.1) is 16.0 Å². The third-order valence-corrected chi connectivity index (χ3v) is 3.54. The molecule has 0 bridgehead atoms.